The average Bonchev–Trinajstić information content (AvgIpc) is 3.98. The van der Waals surface area contributed by atoms with E-state index in [1.165, 1.54) is 0 Å². The molecule has 0 N–H and O–H groups in total. The smallest absolute Gasteiger partial charge is 0.657 e. The first kappa shape index (κ1) is 35.1. The fraction of sp³-hybridized carbons (Fsp3) is 0.100. The predicted molar refractivity (Wildman–Crippen MR) is 196 cm³/mol. The van der Waals surface area contributed by atoms with Gasteiger partial charge in [-0.3, -0.25) is 0 Å². The van der Waals surface area contributed by atoms with Crippen molar-refractivity contribution in [2.75, 3.05) is 0 Å². The normalized spacial score (nSPS) is 11.2. The molecule has 6 heterocycles. The molecule has 0 spiro atoms. The van der Waals surface area contributed by atoms with E-state index in [1.807, 2.05) is 83.8 Å². The van der Waals surface area contributed by atoms with E-state index in [0.29, 0.717) is 0 Å². The largest absolute Gasteiger partial charge is 2.00 e. The molecule has 10 rings (SSSR count). The van der Waals surface area contributed by atoms with Gasteiger partial charge in [0.15, 0.2) is 0 Å². The number of imidazole rings is 4. The van der Waals surface area contributed by atoms with E-state index in [-0.39, 0.29) is 42.1 Å². The number of fused-ring (bicyclic) bond motifs is 6. The summed E-state index contributed by atoms with van der Waals surface area (Å²) in [7, 11) is 7.87. The molecular formula is C40H30N10Pt2. The van der Waals surface area contributed by atoms with Gasteiger partial charge in [-0.05, 0) is 47.0 Å². The zero-order valence-corrected chi connectivity index (χ0v) is 33.0. The molecule has 4 aromatic carbocycles. The van der Waals surface area contributed by atoms with Crippen molar-refractivity contribution >= 4 is 43.6 Å². The maximum atomic E-state index is 4.98. The van der Waals surface area contributed by atoms with Gasteiger partial charge in [-0.2, -0.15) is 0 Å². The van der Waals surface area contributed by atoms with Crippen molar-refractivity contribution in [1.82, 2.24) is 48.2 Å². The first-order valence-corrected chi connectivity index (χ1v) is 16.2. The molecule has 6 aromatic heterocycles. The Kier molecular flexibility index (Phi) is 9.47. The second-order valence-electron chi connectivity index (χ2n) is 12.5. The molecule has 0 aliphatic heterocycles. The molecule has 260 valence electrons. The summed E-state index contributed by atoms with van der Waals surface area (Å²) in [6, 6.07) is 25.0. The van der Waals surface area contributed by atoms with Crippen molar-refractivity contribution in [3.05, 3.63) is 123 Å². The molecule has 10 nitrogen and oxygen atoms in total. The van der Waals surface area contributed by atoms with Crippen LogP contribution in [0, 0.1) is 12.5 Å². The van der Waals surface area contributed by atoms with E-state index in [0.717, 1.165) is 88.9 Å². The van der Waals surface area contributed by atoms with Gasteiger partial charge in [0.1, 0.15) is 5.82 Å². The average molecular weight is 1040 g/mol. The van der Waals surface area contributed by atoms with E-state index in [9.17, 15) is 0 Å². The molecule has 0 saturated heterocycles. The molecule has 0 radical (unpaired) electrons. The summed E-state index contributed by atoms with van der Waals surface area (Å²) in [5, 5.41) is 4.54. The van der Waals surface area contributed by atoms with Gasteiger partial charge in [-0.1, -0.05) is 95.8 Å². The molecule has 0 aliphatic rings. The number of hydrogen-bond acceptors (Lipinski definition) is 4. The SMILES string of the molecule is Cn1[c-]nc(-c2cccc3c2[n-]c2c(-c4nccn4C)cccc23)c1.Cn1cnc(-c2cccc3c2[n-]c2c(-c4n[c-]cn4C)cccc23)c1.[Pt+2].[Pt+2]. The monoisotopic (exact) mass is 1040 g/mol. The van der Waals surface area contributed by atoms with Crippen LogP contribution in [-0.2, 0) is 70.3 Å². The molecule has 0 atom stereocenters. The minimum atomic E-state index is 0. The van der Waals surface area contributed by atoms with E-state index in [4.69, 9.17) is 9.97 Å². The van der Waals surface area contributed by atoms with Gasteiger partial charge in [0.25, 0.3) is 0 Å². The minimum absolute atomic E-state index is 0. The van der Waals surface area contributed by atoms with Crippen LogP contribution >= 0.6 is 0 Å². The molecular weight excluding hydrogens is 1010 g/mol. The summed E-state index contributed by atoms with van der Waals surface area (Å²) in [5.41, 5.74) is 9.82. The number of aromatic nitrogens is 10. The number of para-hydroxylation sites is 4. The van der Waals surface area contributed by atoms with E-state index in [2.05, 4.69) is 105 Å². The Balaban J connectivity index is 0.000000156. The quantitative estimate of drug-likeness (QED) is 0.175. The van der Waals surface area contributed by atoms with E-state index in [1.54, 1.807) is 0 Å². The van der Waals surface area contributed by atoms with Crippen molar-refractivity contribution in [3.63, 3.8) is 0 Å². The third kappa shape index (κ3) is 5.86. The standard InChI is InChI=1S/2C20H15N5.2Pt/c2*1-24-11-17(22-12-24)15-7-3-5-13-14-6-4-8-16(19(14)23-18(13)15)20-21-9-10-25(20)2;;/h3-8,10-12H,1-2H3;3-11H,1-2H3;;/q2*-2;2*+2. The Morgan fingerprint density at radius 2 is 1.10 bits per heavy atom. The molecule has 0 amide bonds. The fourth-order valence-electron chi connectivity index (χ4n) is 6.77. The number of benzene rings is 4. The summed E-state index contributed by atoms with van der Waals surface area (Å²) >= 11 is 0. The summed E-state index contributed by atoms with van der Waals surface area (Å²) < 4.78 is 7.76. The van der Waals surface area contributed by atoms with Crippen LogP contribution in [0.25, 0.3) is 88.9 Å². The second kappa shape index (κ2) is 14.0. The van der Waals surface area contributed by atoms with Gasteiger partial charge in [-0.25, -0.2) is 9.97 Å². The predicted octanol–water partition coefficient (Wildman–Crippen LogP) is 7.10. The molecule has 10 aromatic rings. The molecule has 0 unspecified atom stereocenters. The third-order valence-corrected chi connectivity index (χ3v) is 9.13. The molecule has 0 fully saturated rings. The Labute approximate surface area is 328 Å². The number of rotatable bonds is 4. The molecule has 0 saturated carbocycles. The Bertz CT molecular complexity index is 2650. The van der Waals surface area contributed by atoms with Gasteiger partial charge in [0.2, 0.25) is 0 Å². The number of nitrogens with zero attached hydrogens (tertiary/aromatic N) is 10. The first-order chi connectivity index (χ1) is 24.4. The van der Waals surface area contributed by atoms with Gasteiger partial charge in [0, 0.05) is 44.6 Å². The van der Waals surface area contributed by atoms with Crippen LogP contribution < -0.4 is 9.97 Å². The van der Waals surface area contributed by atoms with Crippen LogP contribution in [0.1, 0.15) is 0 Å². The molecule has 52 heavy (non-hydrogen) atoms. The van der Waals surface area contributed by atoms with Gasteiger partial charge in [-0.15, -0.1) is 34.5 Å². The third-order valence-electron chi connectivity index (χ3n) is 9.13. The van der Waals surface area contributed by atoms with Crippen molar-refractivity contribution < 1.29 is 42.1 Å². The molecule has 12 heteroatoms. The zero-order chi connectivity index (χ0) is 33.9. The Hall–Kier alpha value is -5.30. The van der Waals surface area contributed by atoms with Crippen molar-refractivity contribution in [2.24, 2.45) is 28.2 Å². The van der Waals surface area contributed by atoms with Crippen LogP contribution in [0.15, 0.2) is 110 Å². The summed E-state index contributed by atoms with van der Waals surface area (Å²) in [6.45, 7) is 0. The summed E-state index contributed by atoms with van der Waals surface area (Å²) in [4.78, 5) is 27.7. The van der Waals surface area contributed by atoms with Crippen molar-refractivity contribution in [3.8, 4) is 45.3 Å². The Morgan fingerprint density at radius 3 is 1.56 bits per heavy atom. The summed E-state index contributed by atoms with van der Waals surface area (Å²) in [6.07, 6.45) is 17.2. The van der Waals surface area contributed by atoms with Crippen LogP contribution in [-0.4, -0.2) is 38.2 Å². The van der Waals surface area contributed by atoms with Crippen LogP contribution in [0.2, 0.25) is 0 Å². The maximum absolute atomic E-state index is 4.98. The topological polar surface area (TPSA) is 99.5 Å². The van der Waals surface area contributed by atoms with Gasteiger partial charge < -0.3 is 38.2 Å². The zero-order valence-electron chi connectivity index (χ0n) is 28.5. The van der Waals surface area contributed by atoms with Crippen LogP contribution in [0.5, 0.6) is 0 Å². The van der Waals surface area contributed by atoms with Gasteiger partial charge >= 0.3 is 42.1 Å². The number of aryl methyl sites for hydroxylation is 4. The van der Waals surface area contributed by atoms with Crippen LogP contribution in [0.3, 0.4) is 0 Å². The number of hydrogen-bond donors (Lipinski definition) is 0. The Morgan fingerprint density at radius 1 is 0.558 bits per heavy atom. The van der Waals surface area contributed by atoms with Crippen molar-refractivity contribution in [1.29, 1.82) is 0 Å². The minimum Gasteiger partial charge on any atom is -0.657 e. The maximum Gasteiger partial charge on any atom is 2.00 e. The molecule has 0 bridgehead atoms. The van der Waals surface area contributed by atoms with Crippen molar-refractivity contribution in [2.45, 2.75) is 0 Å². The van der Waals surface area contributed by atoms with E-state index < -0.39 is 0 Å². The summed E-state index contributed by atoms with van der Waals surface area (Å²) in [5.74, 6) is 1.79. The first-order valence-electron chi connectivity index (χ1n) is 16.2. The van der Waals surface area contributed by atoms with Crippen LogP contribution in [0.4, 0.5) is 0 Å². The second-order valence-corrected chi connectivity index (χ2v) is 12.5. The van der Waals surface area contributed by atoms with E-state index >= 15 is 0 Å². The van der Waals surface area contributed by atoms with Gasteiger partial charge in [0.05, 0.1) is 12.0 Å². The fourth-order valence-corrected chi connectivity index (χ4v) is 6.77. The molecule has 0 aliphatic carbocycles.